The predicted molar refractivity (Wildman–Crippen MR) is 103 cm³/mol. The van der Waals surface area contributed by atoms with E-state index in [1.807, 2.05) is 38.1 Å². The van der Waals surface area contributed by atoms with Crippen LogP contribution in [0.4, 0.5) is 0 Å². The van der Waals surface area contributed by atoms with E-state index in [9.17, 15) is 4.79 Å². The highest BCUT2D eigenvalue weighted by Gasteiger charge is 2.12. The fourth-order valence-electron chi connectivity index (χ4n) is 2.48. The van der Waals surface area contributed by atoms with Crippen molar-refractivity contribution in [3.05, 3.63) is 64.7 Å². The molecule has 0 spiro atoms. The second-order valence-electron chi connectivity index (χ2n) is 5.81. The van der Waals surface area contributed by atoms with E-state index in [1.54, 1.807) is 25.1 Å². The molecular formula is C22H23NO4. The highest BCUT2D eigenvalue weighted by atomic mass is 16.5. The lowest BCUT2D eigenvalue weighted by molar-refractivity contribution is -0.137. The van der Waals surface area contributed by atoms with E-state index in [2.05, 4.69) is 6.07 Å². The van der Waals surface area contributed by atoms with Gasteiger partial charge < -0.3 is 14.2 Å². The average molecular weight is 365 g/mol. The first kappa shape index (κ1) is 20.1. The number of nitrogens with zero attached hydrogens (tertiary/aromatic N) is 1. The first-order valence-corrected chi connectivity index (χ1v) is 8.81. The van der Waals surface area contributed by atoms with E-state index >= 15 is 0 Å². The second-order valence-corrected chi connectivity index (χ2v) is 5.81. The molecule has 0 N–H and O–H groups in total. The number of nitriles is 1. The summed E-state index contributed by atoms with van der Waals surface area (Å²) in [5.41, 5.74) is 2.83. The van der Waals surface area contributed by atoms with E-state index in [1.165, 1.54) is 11.6 Å². The van der Waals surface area contributed by atoms with Crippen LogP contribution in [-0.2, 0) is 16.1 Å². The number of aryl methyl sites for hydroxylation is 1. The Balaban J connectivity index is 2.22. The Bertz CT molecular complexity index is 865. The third kappa shape index (κ3) is 5.89. The Kier molecular flexibility index (Phi) is 7.45. The first-order chi connectivity index (χ1) is 13.1. The molecule has 2 aromatic rings. The van der Waals surface area contributed by atoms with Crippen LogP contribution in [0.3, 0.4) is 0 Å². The van der Waals surface area contributed by atoms with E-state index in [-0.39, 0.29) is 12.2 Å². The molecule has 0 amide bonds. The van der Waals surface area contributed by atoms with Gasteiger partial charge in [0.15, 0.2) is 11.5 Å². The van der Waals surface area contributed by atoms with E-state index < -0.39 is 5.97 Å². The van der Waals surface area contributed by atoms with Gasteiger partial charge in [-0.25, -0.2) is 4.79 Å². The minimum absolute atomic E-state index is 0.0623. The van der Waals surface area contributed by atoms with Crippen molar-refractivity contribution < 1.29 is 19.0 Å². The summed E-state index contributed by atoms with van der Waals surface area (Å²) in [6.45, 7) is 6.72. The highest BCUT2D eigenvalue weighted by molar-refractivity contribution is 5.97. The number of hydrogen-bond acceptors (Lipinski definition) is 5. The summed E-state index contributed by atoms with van der Waals surface area (Å²) in [7, 11) is 0. The molecule has 27 heavy (non-hydrogen) atoms. The Morgan fingerprint density at radius 1 is 1.07 bits per heavy atom. The molecule has 0 saturated carbocycles. The van der Waals surface area contributed by atoms with Gasteiger partial charge in [0.25, 0.3) is 0 Å². The van der Waals surface area contributed by atoms with Gasteiger partial charge >= 0.3 is 5.97 Å². The number of hydrogen-bond donors (Lipinski definition) is 0. The average Bonchev–Trinajstić information content (AvgIpc) is 2.66. The molecule has 0 aromatic heterocycles. The summed E-state index contributed by atoms with van der Waals surface area (Å²) >= 11 is 0. The minimum Gasteiger partial charge on any atom is -0.490 e. The van der Waals surface area contributed by atoms with Gasteiger partial charge in [0.2, 0.25) is 0 Å². The normalized spacial score (nSPS) is 10.8. The second kappa shape index (κ2) is 10.0. The highest BCUT2D eigenvalue weighted by Crippen LogP contribution is 2.30. The number of carbonyl (C=O) groups is 1. The van der Waals surface area contributed by atoms with Crippen molar-refractivity contribution in [1.29, 1.82) is 5.26 Å². The van der Waals surface area contributed by atoms with Crippen LogP contribution in [0, 0.1) is 18.3 Å². The van der Waals surface area contributed by atoms with Crippen molar-refractivity contribution in [2.75, 3.05) is 13.2 Å². The number of rotatable bonds is 8. The lowest BCUT2D eigenvalue weighted by atomic mass is 10.1. The van der Waals surface area contributed by atoms with Crippen molar-refractivity contribution in [1.82, 2.24) is 0 Å². The maximum absolute atomic E-state index is 11.8. The van der Waals surface area contributed by atoms with Gasteiger partial charge in [-0.1, -0.05) is 35.9 Å². The summed E-state index contributed by atoms with van der Waals surface area (Å²) in [5.74, 6) is 0.517. The quantitative estimate of drug-likeness (QED) is 0.393. The minimum atomic E-state index is -0.641. The molecule has 0 atom stereocenters. The van der Waals surface area contributed by atoms with Gasteiger partial charge in [0.1, 0.15) is 18.2 Å². The fraction of sp³-hybridized carbons (Fsp3) is 0.273. The van der Waals surface area contributed by atoms with Gasteiger partial charge in [-0.15, -0.1) is 0 Å². The first-order valence-electron chi connectivity index (χ1n) is 8.81. The van der Waals surface area contributed by atoms with Crippen molar-refractivity contribution in [2.24, 2.45) is 0 Å². The SMILES string of the molecule is CCOC(=O)C(C#N)=Cc1ccc(OCc2cccc(C)c2)c(OCC)c1. The predicted octanol–water partition coefficient (Wildman–Crippen LogP) is 4.44. The zero-order valence-corrected chi connectivity index (χ0v) is 15.8. The standard InChI is InChI=1S/C22H23NO4/c1-4-25-21-13-17(12-19(14-23)22(24)26-5-2)9-10-20(21)27-15-18-8-6-7-16(3)11-18/h6-13H,4-5,15H2,1-3H3. The summed E-state index contributed by atoms with van der Waals surface area (Å²) in [6, 6.07) is 15.2. The Morgan fingerprint density at radius 2 is 1.89 bits per heavy atom. The van der Waals surface area contributed by atoms with Crippen LogP contribution >= 0.6 is 0 Å². The van der Waals surface area contributed by atoms with Crippen LogP contribution in [-0.4, -0.2) is 19.2 Å². The molecule has 0 unspecified atom stereocenters. The van der Waals surface area contributed by atoms with Gasteiger partial charge in [0.05, 0.1) is 13.2 Å². The third-order valence-corrected chi connectivity index (χ3v) is 3.67. The van der Waals surface area contributed by atoms with Crippen molar-refractivity contribution in [2.45, 2.75) is 27.4 Å². The number of ether oxygens (including phenoxy) is 3. The number of esters is 1. The van der Waals surface area contributed by atoms with Crippen LogP contribution < -0.4 is 9.47 Å². The zero-order valence-electron chi connectivity index (χ0n) is 15.8. The molecule has 0 saturated heterocycles. The van der Waals surface area contributed by atoms with Gasteiger partial charge in [0, 0.05) is 0 Å². The molecule has 0 bridgehead atoms. The smallest absolute Gasteiger partial charge is 0.348 e. The summed E-state index contributed by atoms with van der Waals surface area (Å²) in [6.07, 6.45) is 1.48. The van der Waals surface area contributed by atoms with Crippen LogP contribution in [0.25, 0.3) is 6.08 Å². The topological polar surface area (TPSA) is 68.6 Å². The monoisotopic (exact) mass is 365 g/mol. The molecule has 5 nitrogen and oxygen atoms in total. The maximum Gasteiger partial charge on any atom is 0.348 e. The van der Waals surface area contributed by atoms with Crippen LogP contribution in [0.1, 0.15) is 30.5 Å². The Labute approximate surface area is 159 Å². The van der Waals surface area contributed by atoms with E-state index in [0.717, 1.165) is 5.56 Å². The molecule has 0 fully saturated rings. The van der Waals surface area contributed by atoms with Gasteiger partial charge in [-0.05, 0) is 50.1 Å². The van der Waals surface area contributed by atoms with Crippen molar-refractivity contribution in [3.63, 3.8) is 0 Å². The van der Waals surface area contributed by atoms with Gasteiger partial charge in [-0.2, -0.15) is 5.26 Å². The number of carbonyl (C=O) groups excluding carboxylic acids is 1. The largest absolute Gasteiger partial charge is 0.490 e. The molecule has 5 heteroatoms. The van der Waals surface area contributed by atoms with Crippen LogP contribution in [0.15, 0.2) is 48.0 Å². The third-order valence-electron chi connectivity index (χ3n) is 3.67. The lowest BCUT2D eigenvalue weighted by Crippen LogP contribution is -2.06. The molecule has 2 rings (SSSR count). The Hall–Kier alpha value is -3.26. The molecule has 0 aliphatic carbocycles. The zero-order chi connectivity index (χ0) is 19.6. The maximum atomic E-state index is 11.8. The van der Waals surface area contributed by atoms with Crippen molar-refractivity contribution in [3.8, 4) is 17.6 Å². The molecule has 0 aliphatic rings. The fourth-order valence-corrected chi connectivity index (χ4v) is 2.48. The summed E-state index contributed by atoms with van der Waals surface area (Å²) < 4.78 is 16.4. The molecule has 0 radical (unpaired) electrons. The van der Waals surface area contributed by atoms with Crippen molar-refractivity contribution >= 4 is 12.0 Å². The molecular weight excluding hydrogens is 342 g/mol. The number of benzene rings is 2. The van der Waals surface area contributed by atoms with Crippen LogP contribution in [0.2, 0.25) is 0 Å². The van der Waals surface area contributed by atoms with Gasteiger partial charge in [-0.3, -0.25) is 0 Å². The summed E-state index contributed by atoms with van der Waals surface area (Å²) in [5, 5.41) is 9.17. The lowest BCUT2D eigenvalue weighted by Gasteiger charge is -2.13. The summed E-state index contributed by atoms with van der Waals surface area (Å²) in [4.78, 5) is 11.8. The Morgan fingerprint density at radius 3 is 2.56 bits per heavy atom. The molecule has 0 aliphatic heterocycles. The van der Waals surface area contributed by atoms with E-state index in [0.29, 0.717) is 30.3 Å². The van der Waals surface area contributed by atoms with Crippen LogP contribution in [0.5, 0.6) is 11.5 Å². The van der Waals surface area contributed by atoms with E-state index in [4.69, 9.17) is 19.5 Å². The molecule has 140 valence electrons. The molecule has 2 aromatic carbocycles. The molecule has 0 heterocycles.